The van der Waals surface area contributed by atoms with Crippen molar-refractivity contribution in [3.8, 4) is 5.75 Å². The van der Waals surface area contributed by atoms with Gasteiger partial charge in [-0.25, -0.2) is 4.98 Å². The van der Waals surface area contributed by atoms with E-state index in [9.17, 15) is 5.11 Å². The second-order valence-electron chi connectivity index (χ2n) is 6.77. The van der Waals surface area contributed by atoms with Gasteiger partial charge in [-0.1, -0.05) is 0 Å². The highest BCUT2D eigenvalue weighted by molar-refractivity contribution is 5.65. The summed E-state index contributed by atoms with van der Waals surface area (Å²) < 4.78 is 2.10. The Bertz CT molecular complexity index is 894. The van der Waals surface area contributed by atoms with Crippen molar-refractivity contribution in [2.75, 3.05) is 36.0 Å². The highest BCUT2D eigenvalue weighted by Crippen LogP contribution is 2.39. The van der Waals surface area contributed by atoms with Gasteiger partial charge >= 0.3 is 0 Å². The smallest absolute Gasteiger partial charge is 0.203 e. The number of benzene rings is 1. The van der Waals surface area contributed by atoms with Gasteiger partial charge in [-0.05, 0) is 37.1 Å². The molecule has 128 valence electrons. The molecule has 1 saturated heterocycles. The van der Waals surface area contributed by atoms with E-state index in [1.165, 1.54) is 12.8 Å². The number of hydrogen-bond acceptors (Lipinski definition) is 6. The molecule has 1 aliphatic carbocycles. The van der Waals surface area contributed by atoms with Crippen LogP contribution in [0.1, 0.15) is 24.6 Å². The molecule has 7 nitrogen and oxygen atoms in total. The van der Waals surface area contributed by atoms with Crippen molar-refractivity contribution >= 4 is 17.2 Å². The monoisotopic (exact) mass is 336 g/mol. The summed E-state index contributed by atoms with van der Waals surface area (Å²) >= 11 is 0. The first kappa shape index (κ1) is 14.5. The largest absolute Gasteiger partial charge is 0.508 e. The minimum absolute atomic E-state index is 0.302. The van der Waals surface area contributed by atoms with Crippen LogP contribution in [0.2, 0.25) is 0 Å². The number of piperazine rings is 1. The number of nitrogens with zero attached hydrogens (tertiary/aromatic N) is 6. The third-order valence-corrected chi connectivity index (χ3v) is 5.07. The minimum atomic E-state index is 0.302. The maximum Gasteiger partial charge on any atom is 0.203 e. The zero-order chi connectivity index (χ0) is 16.8. The lowest BCUT2D eigenvalue weighted by atomic mass is 10.2. The third kappa shape index (κ3) is 2.56. The van der Waals surface area contributed by atoms with Gasteiger partial charge in [0.05, 0.1) is 0 Å². The van der Waals surface area contributed by atoms with Gasteiger partial charge in [-0.3, -0.25) is 4.40 Å². The summed E-state index contributed by atoms with van der Waals surface area (Å²) in [7, 11) is 0. The Morgan fingerprint density at radius 2 is 1.64 bits per heavy atom. The predicted molar refractivity (Wildman–Crippen MR) is 95.3 cm³/mol. The summed E-state index contributed by atoms with van der Waals surface area (Å²) in [6.45, 7) is 3.60. The Labute approximate surface area is 145 Å². The summed E-state index contributed by atoms with van der Waals surface area (Å²) in [4.78, 5) is 9.20. The van der Waals surface area contributed by atoms with Gasteiger partial charge in [-0.15, -0.1) is 10.2 Å². The second-order valence-corrected chi connectivity index (χ2v) is 6.77. The Balaban J connectivity index is 1.37. The topological polar surface area (TPSA) is 69.8 Å². The van der Waals surface area contributed by atoms with Crippen molar-refractivity contribution in [3.05, 3.63) is 42.5 Å². The van der Waals surface area contributed by atoms with Crippen molar-refractivity contribution in [3.63, 3.8) is 0 Å². The van der Waals surface area contributed by atoms with Crippen LogP contribution in [0.5, 0.6) is 5.75 Å². The maximum atomic E-state index is 9.44. The molecule has 0 bridgehead atoms. The summed E-state index contributed by atoms with van der Waals surface area (Å²) in [5.74, 6) is 2.86. The van der Waals surface area contributed by atoms with E-state index >= 15 is 0 Å². The minimum Gasteiger partial charge on any atom is -0.508 e. The van der Waals surface area contributed by atoms with Crippen molar-refractivity contribution in [2.24, 2.45) is 0 Å². The van der Waals surface area contributed by atoms with Crippen LogP contribution in [0.15, 0.2) is 36.7 Å². The maximum absolute atomic E-state index is 9.44. The zero-order valence-corrected chi connectivity index (χ0v) is 13.9. The van der Waals surface area contributed by atoms with Crippen LogP contribution < -0.4 is 9.80 Å². The molecule has 7 heteroatoms. The van der Waals surface area contributed by atoms with Crippen molar-refractivity contribution < 1.29 is 5.11 Å². The summed E-state index contributed by atoms with van der Waals surface area (Å²) in [5.41, 5.74) is 2.00. The van der Waals surface area contributed by atoms with Gasteiger partial charge < -0.3 is 14.9 Å². The number of phenols is 1. The molecular weight excluding hydrogens is 316 g/mol. The van der Waals surface area contributed by atoms with Crippen molar-refractivity contribution in [1.29, 1.82) is 0 Å². The zero-order valence-electron chi connectivity index (χ0n) is 13.9. The molecule has 1 saturated carbocycles. The quantitative estimate of drug-likeness (QED) is 0.789. The van der Waals surface area contributed by atoms with E-state index in [1.807, 2.05) is 24.5 Å². The van der Waals surface area contributed by atoms with Gasteiger partial charge in [0, 0.05) is 50.2 Å². The number of anilines is 2. The lowest BCUT2D eigenvalue weighted by Gasteiger charge is -2.36. The Kier molecular flexibility index (Phi) is 3.26. The molecule has 2 aliphatic rings. The number of fused-ring (bicyclic) bond motifs is 1. The van der Waals surface area contributed by atoms with E-state index < -0.39 is 0 Å². The van der Waals surface area contributed by atoms with Gasteiger partial charge in [0.2, 0.25) is 5.65 Å². The molecule has 0 atom stereocenters. The van der Waals surface area contributed by atoms with Crippen molar-refractivity contribution in [2.45, 2.75) is 18.8 Å². The molecule has 0 amide bonds. The lowest BCUT2D eigenvalue weighted by molar-refractivity contribution is 0.475. The molecule has 2 aromatic heterocycles. The summed E-state index contributed by atoms with van der Waals surface area (Å²) in [6.07, 6.45) is 6.25. The van der Waals surface area contributed by atoms with E-state index in [0.717, 1.165) is 49.2 Å². The molecule has 0 spiro atoms. The molecule has 2 fully saturated rings. The molecule has 3 aromatic rings. The van der Waals surface area contributed by atoms with Crippen LogP contribution in [0.3, 0.4) is 0 Å². The molecule has 3 heterocycles. The van der Waals surface area contributed by atoms with Crippen LogP contribution in [-0.4, -0.2) is 50.9 Å². The van der Waals surface area contributed by atoms with Gasteiger partial charge in [0.1, 0.15) is 11.6 Å². The standard InChI is InChI=1S/C18H20N6O/c25-15-5-3-14(4-6-15)22-9-11-23(12-10-22)17-18-21-20-16(13-1-2-13)24(18)8-7-19-17/h3-8,13,25H,1-2,9-12H2. The molecule has 5 rings (SSSR count). The molecular formula is C18H20N6O. The third-order valence-electron chi connectivity index (χ3n) is 5.07. The normalized spacial score (nSPS) is 18.1. The van der Waals surface area contributed by atoms with E-state index in [0.29, 0.717) is 11.7 Å². The molecule has 25 heavy (non-hydrogen) atoms. The van der Waals surface area contributed by atoms with Crippen LogP contribution in [0.25, 0.3) is 5.65 Å². The second kappa shape index (κ2) is 5.61. The van der Waals surface area contributed by atoms with E-state index in [1.54, 1.807) is 12.1 Å². The first-order chi connectivity index (χ1) is 12.3. The SMILES string of the molecule is Oc1ccc(N2CCN(c3nccn4c(C5CC5)nnc34)CC2)cc1. The molecule has 0 radical (unpaired) electrons. The summed E-state index contributed by atoms with van der Waals surface area (Å²) in [5, 5.41) is 18.2. The number of hydrogen-bond donors (Lipinski definition) is 1. The number of aromatic nitrogens is 4. The van der Waals surface area contributed by atoms with Crippen LogP contribution in [-0.2, 0) is 0 Å². The van der Waals surface area contributed by atoms with Crippen LogP contribution in [0, 0.1) is 0 Å². The Hall–Kier alpha value is -2.83. The Morgan fingerprint density at radius 3 is 2.36 bits per heavy atom. The number of aromatic hydroxyl groups is 1. The van der Waals surface area contributed by atoms with Crippen LogP contribution >= 0.6 is 0 Å². The fraction of sp³-hybridized carbons (Fsp3) is 0.389. The predicted octanol–water partition coefficient (Wildman–Crippen LogP) is 2.03. The first-order valence-electron chi connectivity index (χ1n) is 8.78. The average Bonchev–Trinajstić information content (AvgIpc) is 3.41. The molecule has 1 aliphatic heterocycles. The van der Waals surface area contributed by atoms with Gasteiger partial charge in [0.25, 0.3) is 0 Å². The van der Waals surface area contributed by atoms with Gasteiger partial charge in [-0.2, -0.15) is 0 Å². The van der Waals surface area contributed by atoms with Crippen molar-refractivity contribution in [1.82, 2.24) is 19.6 Å². The molecule has 1 aromatic carbocycles. The van der Waals surface area contributed by atoms with E-state index in [-0.39, 0.29) is 0 Å². The first-order valence-corrected chi connectivity index (χ1v) is 8.78. The van der Waals surface area contributed by atoms with E-state index in [2.05, 4.69) is 29.4 Å². The number of phenolic OH excluding ortho intramolecular Hbond substituents is 1. The number of rotatable bonds is 3. The summed E-state index contributed by atoms with van der Waals surface area (Å²) in [6, 6.07) is 7.40. The highest BCUT2D eigenvalue weighted by atomic mass is 16.3. The molecule has 1 N–H and O–H groups in total. The fourth-order valence-electron chi connectivity index (χ4n) is 3.51. The lowest BCUT2D eigenvalue weighted by Crippen LogP contribution is -2.47. The average molecular weight is 336 g/mol. The van der Waals surface area contributed by atoms with Crippen LogP contribution in [0.4, 0.5) is 11.5 Å². The fourth-order valence-corrected chi connectivity index (χ4v) is 3.51. The van der Waals surface area contributed by atoms with E-state index in [4.69, 9.17) is 0 Å². The molecule has 0 unspecified atom stereocenters. The van der Waals surface area contributed by atoms with Gasteiger partial charge in [0.15, 0.2) is 5.82 Å². The Morgan fingerprint density at radius 1 is 0.920 bits per heavy atom. The highest BCUT2D eigenvalue weighted by Gasteiger charge is 2.30.